The molecule has 0 fully saturated rings. The summed E-state index contributed by atoms with van der Waals surface area (Å²) in [6, 6.07) is 3.33. The second-order valence-corrected chi connectivity index (χ2v) is 4.92. The van der Waals surface area contributed by atoms with Crippen molar-refractivity contribution in [2.45, 2.75) is 13.3 Å². The third kappa shape index (κ3) is 5.28. The first-order chi connectivity index (χ1) is 9.04. The van der Waals surface area contributed by atoms with Crippen LogP contribution < -0.4 is 4.74 Å². The molecule has 1 aromatic carbocycles. The van der Waals surface area contributed by atoms with E-state index < -0.39 is 24.5 Å². The lowest BCUT2D eigenvalue weighted by atomic mass is 10.3. The zero-order valence-electron chi connectivity index (χ0n) is 10.4. The van der Waals surface area contributed by atoms with Gasteiger partial charge in [-0.05, 0) is 17.6 Å². The Morgan fingerprint density at radius 3 is 2.79 bits per heavy atom. The average Bonchev–Trinajstić information content (AvgIpc) is 2.34. The van der Waals surface area contributed by atoms with E-state index in [4.69, 9.17) is 9.26 Å². The number of nitro benzene ring substituents is 1. The van der Waals surface area contributed by atoms with E-state index in [1.165, 1.54) is 6.07 Å². The summed E-state index contributed by atoms with van der Waals surface area (Å²) in [6.45, 7) is 2.39. The Hall–Kier alpha value is -1.59. The molecule has 1 rings (SSSR count). The lowest BCUT2D eigenvalue weighted by Gasteiger charge is -2.04. The van der Waals surface area contributed by atoms with Gasteiger partial charge in [0, 0.05) is 18.6 Å². The molecule has 0 aliphatic carbocycles. The Morgan fingerprint density at radius 1 is 1.47 bits per heavy atom. The molecule has 0 heterocycles. The maximum Gasteiger partial charge on any atom is 0.508 e. The van der Waals surface area contributed by atoms with Crippen LogP contribution in [0.1, 0.15) is 13.3 Å². The summed E-state index contributed by atoms with van der Waals surface area (Å²) in [7, 11) is -1.67. The third-order valence-corrected chi connectivity index (χ3v) is 3.37. The number of halogens is 1. The Kier molecular flexibility index (Phi) is 6.32. The summed E-state index contributed by atoms with van der Waals surface area (Å²) in [5, 5.41) is 10.4. The predicted octanol–water partition coefficient (Wildman–Crippen LogP) is 3.28. The minimum absolute atomic E-state index is 0.203. The van der Waals surface area contributed by atoms with Gasteiger partial charge in [0.15, 0.2) is 6.16 Å². The minimum Gasteiger partial charge on any atom is -0.493 e. The molecule has 19 heavy (non-hydrogen) atoms. The quantitative estimate of drug-likeness (QED) is 0.318. The highest BCUT2D eigenvalue weighted by Crippen LogP contribution is 2.24. The lowest BCUT2D eigenvalue weighted by Crippen LogP contribution is -2.00. The molecule has 0 spiro atoms. The number of nitrogens with zero attached hydrogens (tertiary/aromatic N) is 1. The number of hydrogen-bond acceptors (Lipinski definition) is 5. The Balaban J connectivity index is 2.40. The van der Waals surface area contributed by atoms with Crippen LogP contribution in [0.4, 0.5) is 10.1 Å². The Labute approximate surface area is 110 Å². The minimum atomic E-state index is -1.67. The van der Waals surface area contributed by atoms with Crippen LogP contribution in [0.2, 0.25) is 0 Å². The van der Waals surface area contributed by atoms with Crippen LogP contribution in [0.3, 0.4) is 0 Å². The summed E-state index contributed by atoms with van der Waals surface area (Å²) < 4.78 is 34.5. The van der Waals surface area contributed by atoms with Gasteiger partial charge >= 0.3 is 13.7 Å². The molecule has 0 aliphatic heterocycles. The van der Waals surface area contributed by atoms with Crippen LogP contribution in [0.25, 0.3) is 0 Å². The summed E-state index contributed by atoms with van der Waals surface area (Å²) in [4.78, 5) is 9.61. The molecule has 1 aromatic rings. The van der Waals surface area contributed by atoms with E-state index in [1.54, 1.807) is 6.92 Å². The van der Waals surface area contributed by atoms with Crippen LogP contribution in [0.5, 0.6) is 5.75 Å². The average molecular weight is 290 g/mol. The lowest BCUT2D eigenvalue weighted by molar-refractivity contribution is -0.387. The van der Waals surface area contributed by atoms with Gasteiger partial charge in [-0.15, -0.1) is 4.52 Å². The standard InChI is InChI=1S/C11H14FNO5P/c1-2-18-19(16)7-3-6-17-9-4-5-11(13(14)15)10(12)8-9/h4-5,8H,2-3,6-7H2,1H3/q+1. The van der Waals surface area contributed by atoms with Crippen molar-refractivity contribution >= 4 is 13.7 Å². The SMILES string of the molecule is CCO[P+](=O)CCCOc1ccc([N+](=O)[O-])c(F)c1. The molecule has 0 bridgehead atoms. The monoisotopic (exact) mass is 290 g/mol. The van der Waals surface area contributed by atoms with Gasteiger partial charge in [0.05, 0.1) is 18.1 Å². The van der Waals surface area contributed by atoms with Gasteiger partial charge in [0.25, 0.3) is 0 Å². The van der Waals surface area contributed by atoms with E-state index in [9.17, 15) is 19.1 Å². The maximum atomic E-state index is 13.3. The molecule has 0 saturated heterocycles. The highest BCUT2D eigenvalue weighted by atomic mass is 31.1. The first-order valence-corrected chi connectivity index (χ1v) is 7.05. The highest BCUT2D eigenvalue weighted by molar-refractivity contribution is 7.39. The molecule has 0 aliphatic rings. The van der Waals surface area contributed by atoms with Gasteiger partial charge in [-0.25, -0.2) is 0 Å². The molecule has 0 saturated carbocycles. The van der Waals surface area contributed by atoms with Crippen molar-refractivity contribution in [2.24, 2.45) is 0 Å². The van der Waals surface area contributed by atoms with Crippen LogP contribution in [-0.4, -0.2) is 24.3 Å². The van der Waals surface area contributed by atoms with Crippen molar-refractivity contribution in [2.75, 3.05) is 19.4 Å². The summed E-state index contributed by atoms with van der Waals surface area (Å²) >= 11 is 0. The van der Waals surface area contributed by atoms with Crippen LogP contribution in [0.15, 0.2) is 18.2 Å². The smallest absolute Gasteiger partial charge is 0.493 e. The van der Waals surface area contributed by atoms with E-state index in [1.807, 2.05) is 0 Å². The van der Waals surface area contributed by atoms with E-state index in [-0.39, 0.29) is 12.4 Å². The van der Waals surface area contributed by atoms with Gasteiger partial charge in [-0.1, -0.05) is 0 Å². The van der Waals surface area contributed by atoms with E-state index in [2.05, 4.69) is 0 Å². The summed E-state index contributed by atoms with van der Waals surface area (Å²) in [5.41, 5.74) is -0.591. The van der Waals surface area contributed by atoms with Crippen molar-refractivity contribution in [1.29, 1.82) is 0 Å². The van der Waals surface area contributed by atoms with Crippen molar-refractivity contribution < 1.29 is 23.1 Å². The first kappa shape index (κ1) is 15.5. The van der Waals surface area contributed by atoms with Gasteiger partial charge in [0.1, 0.15) is 5.75 Å². The molecule has 1 unspecified atom stereocenters. The number of ether oxygens (including phenoxy) is 1. The second-order valence-electron chi connectivity index (χ2n) is 3.55. The van der Waals surface area contributed by atoms with Crippen molar-refractivity contribution in [3.63, 3.8) is 0 Å². The van der Waals surface area contributed by atoms with Crippen molar-refractivity contribution in [1.82, 2.24) is 0 Å². The van der Waals surface area contributed by atoms with Gasteiger partial charge in [-0.2, -0.15) is 4.39 Å². The zero-order valence-corrected chi connectivity index (χ0v) is 11.3. The fourth-order valence-electron chi connectivity index (χ4n) is 1.32. The highest BCUT2D eigenvalue weighted by Gasteiger charge is 2.16. The molecule has 6 nitrogen and oxygen atoms in total. The Morgan fingerprint density at radius 2 is 2.21 bits per heavy atom. The van der Waals surface area contributed by atoms with Crippen LogP contribution >= 0.6 is 8.03 Å². The largest absolute Gasteiger partial charge is 0.508 e. The number of rotatable bonds is 8. The summed E-state index contributed by atoms with van der Waals surface area (Å²) in [6.07, 6.45) is 0.854. The molecule has 1 atom stereocenters. The Bertz CT molecular complexity index is 468. The molecule has 104 valence electrons. The van der Waals surface area contributed by atoms with Crippen molar-refractivity contribution in [3.8, 4) is 5.75 Å². The molecule has 0 aromatic heterocycles. The molecular weight excluding hydrogens is 276 g/mol. The fraction of sp³-hybridized carbons (Fsp3) is 0.455. The van der Waals surface area contributed by atoms with E-state index in [0.717, 1.165) is 12.1 Å². The number of nitro groups is 1. The number of benzene rings is 1. The topological polar surface area (TPSA) is 78.7 Å². The molecular formula is C11H14FNO5P+. The van der Waals surface area contributed by atoms with E-state index in [0.29, 0.717) is 19.2 Å². The first-order valence-electron chi connectivity index (χ1n) is 5.69. The molecule has 0 amide bonds. The fourth-order valence-corrected chi connectivity index (χ4v) is 2.12. The van der Waals surface area contributed by atoms with Gasteiger partial charge in [0.2, 0.25) is 5.82 Å². The van der Waals surface area contributed by atoms with E-state index >= 15 is 0 Å². The number of hydrogen-bond donors (Lipinski definition) is 0. The summed E-state index contributed by atoms with van der Waals surface area (Å²) in [5.74, 6) is -0.738. The van der Waals surface area contributed by atoms with Crippen LogP contribution in [-0.2, 0) is 9.09 Å². The van der Waals surface area contributed by atoms with Gasteiger partial charge < -0.3 is 4.74 Å². The normalized spacial score (nSPS) is 11.2. The van der Waals surface area contributed by atoms with Crippen molar-refractivity contribution in [3.05, 3.63) is 34.1 Å². The maximum absolute atomic E-state index is 13.3. The van der Waals surface area contributed by atoms with Gasteiger partial charge in [-0.3, -0.25) is 10.1 Å². The predicted molar refractivity (Wildman–Crippen MR) is 67.3 cm³/mol. The third-order valence-electron chi connectivity index (χ3n) is 2.14. The molecule has 8 heteroatoms. The molecule has 0 radical (unpaired) electrons. The van der Waals surface area contributed by atoms with Crippen LogP contribution in [0, 0.1) is 15.9 Å². The molecule has 0 N–H and O–H groups in total. The second kappa shape index (κ2) is 7.76. The zero-order chi connectivity index (χ0) is 14.3.